The molecule has 124 valence electrons. The molecule has 0 N–H and O–H groups in total. The van der Waals surface area contributed by atoms with Gasteiger partial charge < -0.3 is 9.47 Å². The maximum Gasteiger partial charge on any atom is 0.331 e. The van der Waals surface area contributed by atoms with Crippen molar-refractivity contribution in [1.29, 1.82) is 0 Å². The van der Waals surface area contributed by atoms with E-state index in [2.05, 4.69) is 0 Å². The molecule has 0 atom stereocenters. The van der Waals surface area contributed by atoms with Crippen molar-refractivity contribution >= 4 is 39.2 Å². The number of cyclic esters (lactones) is 2. The van der Waals surface area contributed by atoms with E-state index in [1.54, 1.807) is 0 Å². The topological polar surface area (TPSA) is 104 Å². The van der Waals surface area contributed by atoms with E-state index in [-0.39, 0.29) is 15.5 Å². The van der Waals surface area contributed by atoms with E-state index in [9.17, 15) is 22.8 Å². The standard InChI is InChI=1S/C14H13ClO7S/c1-14(2)21-12(17)10(13(18)22-14)11(16)8-5-4-7(6-9(8)15)23(3,19)20/h4-6,10H,1-3H3. The summed E-state index contributed by atoms with van der Waals surface area (Å²) in [4.78, 5) is 36.1. The molecule has 1 aliphatic rings. The Bertz CT molecular complexity index is 790. The number of Topliss-reactive ketones (excluding diaryl/α,β-unsaturated/α-hetero) is 1. The average molecular weight is 361 g/mol. The monoisotopic (exact) mass is 360 g/mol. The first-order valence-electron chi connectivity index (χ1n) is 6.42. The Morgan fingerprint density at radius 1 is 1.17 bits per heavy atom. The van der Waals surface area contributed by atoms with Crippen LogP contribution in [-0.2, 0) is 28.9 Å². The summed E-state index contributed by atoms with van der Waals surface area (Å²) in [7, 11) is -3.51. The maximum absolute atomic E-state index is 12.4. The van der Waals surface area contributed by atoms with Gasteiger partial charge in [0.25, 0.3) is 5.79 Å². The van der Waals surface area contributed by atoms with Crippen LogP contribution >= 0.6 is 11.6 Å². The van der Waals surface area contributed by atoms with Gasteiger partial charge in [-0.25, -0.2) is 8.42 Å². The van der Waals surface area contributed by atoms with Crippen LogP contribution in [0.25, 0.3) is 0 Å². The van der Waals surface area contributed by atoms with E-state index in [1.165, 1.54) is 13.8 Å². The van der Waals surface area contributed by atoms with Gasteiger partial charge in [-0.3, -0.25) is 14.4 Å². The molecule has 0 aromatic heterocycles. The van der Waals surface area contributed by atoms with Crippen molar-refractivity contribution in [2.75, 3.05) is 6.26 Å². The number of halogens is 1. The molecule has 1 aromatic rings. The fourth-order valence-corrected chi connectivity index (χ4v) is 3.00. The lowest BCUT2D eigenvalue weighted by atomic mass is 9.96. The van der Waals surface area contributed by atoms with Gasteiger partial charge in [-0.1, -0.05) is 11.6 Å². The SMILES string of the molecule is CC1(C)OC(=O)C(C(=O)c2ccc(S(C)(=O)=O)cc2Cl)C(=O)O1. The lowest BCUT2D eigenvalue weighted by Crippen LogP contribution is -2.49. The molecule has 0 unspecified atom stereocenters. The summed E-state index contributed by atoms with van der Waals surface area (Å²) < 4.78 is 32.7. The summed E-state index contributed by atoms with van der Waals surface area (Å²) in [5.41, 5.74) is -0.169. The Balaban J connectivity index is 2.38. The van der Waals surface area contributed by atoms with Crippen molar-refractivity contribution in [3.8, 4) is 0 Å². The molecule has 0 spiro atoms. The van der Waals surface area contributed by atoms with Crippen molar-refractivity contribution in [3.63, 3.8) is 0 Å². The van der Waals surface area contributed by atoms with Gasteiger partial charge in [0, 0.05) is 25.7 Å². The van der Waals surface area contributed by atoms with Crippen LogP contribution in [0, 0.1) is 5.92 Å². The van der Waals surface area contributed by atoms with Crippen molar-refractivity contribution in [2.24, 2.45) is 5.92 Å². The second-order valence-electron chi connectivity index (χ2n) is 5.45. The third-order valence-corrected chi connectivity index (χ3v) is 4.48. The number of ether oxygens (including phenoxy) is 2. The van der Waals surface area contributed by atoms with Crippen LogP contribution in [0.3, 0.4) is 0 Å². The zero-order valence-electron chi connectivity index (χ0n) is 12.5. The lowest BCUT2D eigenvalue weighted by molar-refractivity contribution is -0.236. The van der Waals surface area contributed by atoms with Gasteiger partial charge in [-0.05, 0) is 18.2 Å². The minimum absolute atomic E-state index is 0.0889. The summed E-state index contributed by atoms with van der Waals surface area (Å²) >= 11 is 5.91. The summed E-state index contributed by atoms with van der Waals surface area (Å²) in [6, 6.07) is 3.38. The second-order valence-corrected chi connectivity index (χ2v) is 7.88. The van der Waals surface area contributed by atoms with Crippen LogP contribution < -0.4 is 0 Å². The predicted molar refractivity (Wildman–Crippen MR) is 78.6 cm³/mol. The molecule has 0 saturated carbocycles. The number of esters is 2. The smallest absolute Gasteiger partial charge is 0.331 e. The van der Waals surface area contributed by atoms with E-state index < -0.39 is 39.3 Å². The number of hydrogen-bond acceptors (Lipinski definition) is 7. The fourth-order valence-electron chi connectivity index (χ4n) is 2.02. The van der Waals surface area contributed by atoms with Gasteiger partial charge in [0.15, 0.2) is 15.6 Å². The van der Waals surface area contributed by atoms with Gasteiger partial charge in [0.1, 0.15) is 0 Å². The summed E-state index contributed by atoms with van der Waals surface area (Å²) in [5.74, 6) is -6.24. The van der Waals surface area contributed by atoms with E-state index >= 15 is 0 Å². The highest BCUT2D eigenvalue weighted by molar-refractivity contribution is 7.90. The van der Waals surface area contributed by atoms with E-state index in [1.807, 2.05) is 0 Å². The molecular weight excluding hydrogens is 348 g/mol. The number of carbonyl (C=O) groups is 3. The van der Waals surface area contributed by atoms with E-state index in [0.717, 1.165) is 24.5 Å². The molecular formula is C14H13ClO7S. The third-order valence-electron chi connectivity index (χ3n) is 3.06. The highest BCUT2D eigenvalue weighted by atomic mass is 35.5. The van der Waals surface area contributed by atoms with Crippen molar-refractivity contribution in [1.82, 2.24) is 0 Å². The molecule has 2 rings (SSSR count). The summed E-state index contributed by atoms with van der Waals surface area (Å²) in [6.45, 7) is 2.72. The minimum Gasteiger partial charge on any atom is -0.422 e. The summed E-state index contributed by atoms with van der Waals surface area (Å²) in [5, 5.41) is -0.191. The Kier molecular flexibility index (Phi) is 4.25. The molecule has 9 heteroatoms. The Hall–Kier alpha value is -1.93. The highest BCUT2D eigenvalue weighted by Gasteiger charge is 2.47. The zero-order chi connectivity index (χ0) is 17.6. The van der Waals surface area contributed by atoms with Gasteiger partial charge in [0.2, 0.25) is 5.92 Å². The van der Waals surface area contributed by atoms with Crippen LogP contribution in [0.4, 0.5) is 0 Å². The second kappa shape index (κ2) is 5.61. The maximum atomic E-state index is 12.4. The Labute approximate surface area is 137 Å². The number of ketones is 1. The quantitative estimate of drug-likeness (QED) is 0.455. The van der Waals surface area contributed by atoms with Crippen molar-refractivity contribution in [3.05, 3.63) is 28.8 Å². The molecule has 0 bridgehead atoms. The van der Waals surface area contributed by atoms with Gasteiger partial charge in [-0.15, -0.1) is 0 Å². The minimum atomic E-state index is -3.51. The highest BCUT2D eigenvalue weighted by Crippen LogP contribution is 2.29. The lowest BCUT2D eigenvalue weighted by Gasteiger charge is -2.32. The first-order valence-corrected chi connectivity index (χ1v) is 8.69. The van der Waals surface area contributed by atoms with Crippen LogP contribution in [0.1, 0.15) is 24.2 Å². The molecule has 1 aliphatic heterocycles. The van der Waals surface area contributed by atoms with Crippen LogP contribution in [0.2, 0.25) is 5.02 Å². The van der Waals surface area contributed by atoms with Crippen LogP contribution in [-0.4, -0.2) is 38.2 Å². The van der Waals surface area contributed by atoms with Crippen molar-refractivity contribution in [2.45, 2.75) is 24.5 Å². The van der Waals surface area contributed by atoms with E-state index in [4.69, 9.17) is 21.1 Å². The number of benzene rings is 1. The first-order chi connectivity index (χ1) is 10.4. The molecule has 1 aromatic carbocycles. The zero-order valence-corrected chi connectivity index (χ0v) is 14.0. The molecule has 0 aliphatic carbocycles. The van der Waals surface area contributed by atoms with Crippen LogP contribution in [0.15, 0.2) is 23.1 Å². The Morgan fingerprint density at radius 2 is 1.70 bits per heavy atom. The fraction of sp³-hybridized carbons (Fsp3) is 0.357. The predicted octanol–water partition coefficient (Wildman–Crippen LogP) is 1.38. The first kappa shape index (κ1) is 17.4. The molecule has 1 heterocycles. The largest absolute Gasteiger partial charge is 0.422 e. The number of hydrogen-bond donors (Lipinski definition) is 0. The normalized spacial score (nSPS) is 18.3. The molecule has 1 fully saturated rings. The number of carbonyl (C=O) groups excluding carboxylic acids is 3. The Morgan fingerprint density at radius 3 is 2.13 bits per heavy atom. The number of sulfone groups is 1. The molecule has 1 saturated heterocycles. The van der Waals surface area contributed by atoms with E-state index in [0.29, 0.717) is 0 Å². The molecule has 23 heavy (non-hydrogen) atoms. The van der Waals surface area contributed by atoms with Gasteiger partial charge >= 0.3 is 11.9 Å². The number of rotatable bonds is 3. The van der Waals surface area contributed by atoms with Crippen LogP contribution in [0.5, 0.6) is 0 Å². The van der Waals surface area contributed by atoms with Crippen molar-refractivity contribution < 1.29 is 32.3 Å². The van der Waals surface area contributed by atoms with Gasteiger partial charge in [0.05, 0.1) is 9.92 Å². The van der Waals surface area contributed by atoms with Gasteiger partial charge in [-0.2, -0.15) is 0 Å². The summed E-state index contributed by atoms with van der Waals surface area (Å²) in [6.07, 6.45) is 0.984. The molecule has 0 radical (unpaired) electrons. The third kappa shape index (κ3) is 3.53. The molecule has 0 amide bonds. The molecule has 7 nitrogen and oxygen atoms in total. The average Bonchev–Trinajstić information content (AvgIpc) is 2.34.